The standard InChI is InChI=1S/C8H8O2.C5H12O2.C2H6/c1-10-8-4-2-7(6-9)3-5-8;1-4-7-5(2)6-3;1-2/h2-6H,1H3;5H,4H2,1-3H3;1-2H3. The van der Waals surface area contributed by atoms with Crippen LogP contribution in [0.15, 0.2) is 24.3 Å². The molecule has 0 aliphatic heterocycles. The third-order valence-corrected chi connectivity index (χ3v) is 1.99. The van der Waals surface area contributed by atoms with Crippen LogP contribution in [0.5, 0.6) is 5.75 Å². The highest BCUT2D eigenvalue weighted by Crippen LogP contribution is 2.09. The van der Waals surface area contributed by atoms with Crippen LogP contribution in [0.1, 0.15) is 38.1 Å². The lowest BCUT2D eigenvalue weighted by molar-refractivity contribution is -0.106. The Balaban J connectivity index is 0. The SMILES string of the molecule is CC.CCOC(C)OC.COc1ccc(C=O)cc1. The molecule has 0 N–H and O–H groups in total. The molecular weight excluding hydrogens is 244 g/mol. The molecule has 0 radical (unpaired) electrons. The number of ether oxygens (including phenoxy) is 3. The Labute approximate surface area is 116 Å². The first-order chi connectivity index (χ1) is 9.17. The maximum atomic E-state index is 10.2. The minimum Gasteiger partial charge on any atom is -0.497 e. The van der Waals surface area contributed by atoms with Gasteiger partial charge in [0.2, 0.25) is 0 Å². The van der Waals surface area contributed by atoms with E-state index in [1.807, 2.05) is 27.7 Å². The second-order valence-electron chi connectivity index (χ2n) is 3.15. The van der Waals surface area contributed by atoms with Gasteiger partial charge in [0, 0.05) is 19.3 Å². The molecule has 0 aromatic heterocycles. The van der Waals surface area contributed by atoms with Crippen molar-refractivity contribution in [1.29, 1.82) is 0 Å². The predicted octanol–water partition coefficient (Wildman–Crippen LogP) is 3.55. The minimum absolute atomic E-state index is 0.0509. The Morgan fingerprint density at radius 2 is 1.68 bits per heavy atom. The van der Waals surface area contributed by atoms with Crippen LogP contribution in [0, 0.1) is 0 Å². The van der Waals surface area contributed by atoms with Crippen molar-refractivity contribution >= 4 is 6.29 Å². The lowest BCUT2D eigenvalue weighted by atomic mass is 10.2. The van der Waals surface area contributed by atoms with E-state index in [-0.39, 0.29) is 6.29 Å². The molecule has 0 aliphatic carbocycles. The zero-order valence-electron chi connectivity index (χ0n) is 12.8. The van der Waals surface area contributed by atoms with Gasteiger partial charge >= 0.3 is 0 Å². The number of benzene rings is 1. The Kier molecular flexibility index (Phi) is 15.4. The Morgan fingerprint density at radius 3 is 1.95 bits per heavy atom. The Bertz CT molecular complexity index is 296. The van der Waals surface area contributed by atoms with Crippen LogP contribution >= 0.6 is 0 Å². The third kappa shape index (κ3) is 11.4. The lowest BCUT2D eigenvalue weighted by Crippen LogP contribution is -2.08. The molecule has 1 atom stereocenters. The van der Waals surface area contributed by atoms with E-state index in [0.29, 0.717) is 5.56 Å². The molecule has 4 heteroatoms. The first-order valence-corrected chi connectivity index (χ1v) is 6.41. The summed E-state index contributed by atoms with van der Waals surface area (Å²) >= 11 is 0. The molecule has 1 aromatic rings. The van der Waals surface area contributed by atoms with E-state index in [2.05, 4.69) is 0 Å². The van der Waals surface area contributed by atoms with Crippen LogP contribution < -0.4 is 4.74 Å². The average Bonchev–Trinajstić information content (AvgIpc) is 2.50. The van der Waals surface area contributed by atoms with Gasteiger partial charge in [0.15, 0.2) is 6.29 Å². The zero-order valence-corrected chi connectivity index (χ0v) is 12.8. The van der Waals surface area contributed by atoms with E-state index in [1.54, 1.807) is 38.5 Å². The van der Waals surface area contributed by atoms with Gasteiger partial charge < -0.3 is 14.2 Å². The topological polar surface area (TPSA) is 44.8 Å². The fraction of sp³-hybridized carbons (Fsp3) is 0.533. The van der Waals surface area contributed by atoms with Gasteiger partial charge in [0.1, 0.15) is 12.0 Å². The molecule has 0 saturated heterocycles. The number of rotatable bonds is 5. The fourth-order valence-corrected chi connectivity index (χ4v) is 0.985. The molecule has 0 heterocycles. The van der Waals surface area contributed by atoms with Crippen LogP contribution in [0.25, 0.3) is 0 Å². The van der Waals surface area contributed by atoms with E-state index in [0.717, 1.165) is 18.6 Å². The first-order valence-electron chi connectivity index (χ1n) is 6.41. The van der Waals surface area contributed by atoms with Gasteiger partial charge in [-0.2, -0.15) is 0 Å². The molecule has 1 aromatic carbocycles. The summed E-state index contributed by atoms with van der Waals surface area (Å²) in [5.41, 5.74) is 0.667. The number of methoxy groups -OCH3 is 2. The molecular formula is C15H26O4. The van der Waals surface area contributed by atoms with Gasteiger partial charge in [-0.05, 0) is 38.1 Å². The number of aldehydes is 1. The predicted molar refractivity (Wildman–Crippen MR) is 77.8 cm³/mol. The molecule has 110 valence electrons. The molecule has 0 amide bonds. The second kappa shape index (κ2) is 14.7. The van der Waals surface area contributed by atoms with E-state index >= 15 is 0 Å². The largest absolute Gasteiger partial charge is 0.497 e. The molecule has 0 saturated carbocycles. The van der Waals surface area contributed by atoms with Crippen LogP contribution in [0.2, 0.25) is 0 Å². The van der Waals surface area contributed by atoms with Crippen LogP contribution in [-0.4, -0.2) is 33.4 Å². The molecule has 1 rings (SSSR count). The number of carbonyl (C=O) groups is 1. The molecule has 0 aliphatic rings. The average molecular weight is 270 g/mol. The zero-order chi connectivity index (χ0) is 15.1. The summed E-state index contributed by atoms with van der Waals surface area (Å²) in [4.78, 5) is 10.2. The van der Waals surface area contributed by atoms with E-state index in [4.69, 9.17) is 14.2 Å². The van der Waals surface area contributed by atoms with Crippen LogP contribution in [0.3, 0.4) is 0 Å². The minimum atomic E-state index is -0.0509. The van der Waals surface area contributed by atoms with Crippen molar-refractivity contribution in [2.75, 3.05) is 20.8 Å². The summed E-state index contributed by atoms with van der Waals surface area (Å²) in [5.74, 6) is 0.769. The van der Waals surface area contributed by atoms with Crippen LogP contribution in [0.4, 0.5) is 0 Å². The first kappa shape index (κ1) is 19.9. The summed E-state index contributed by atoms with van der Waals surface area (Å²) < 4.78 is 14.6. The number of hydrogen-bond donors (Lipinski definition) is 0. The molecule has 4 nitrogen and oxygen atoms in total. The number of hydrogen-bond acceptors (Lipinski definition) is 4. The van der Waals surface area contributed by atoms with Crippen molar-refractivity contribution in [1.82, 2.24) is 0 Å². The van der Waals surface area contributed by atoms with Gasteiger partial charge in [0.25, 0.3) is 0 Å². The summed E-state index contributed by atoms with van der Waals surface area (Å²) in [5, 5.41) is 0. The highest BCUT2D eigenvalue weighted by Gasteiger charge is 1.91. The highest BCUT2D eigenvalue weighted by molar-refractivity contribution is 5.74. The maximum Gasteiger partial charge on any atom is 0.154 e. The molecule has 0 spiro atoms. The Morgan fingerprint density at radius 1 is 1.16 bits per heavy atom. The van der Waals surface area contributed by atoms with Crippen molar-refractivity contribution < 1.29 is 19.0 Å². The fourth-order valence-electron chi connectivity index (χ4n) is 0.985. The van der Waals surface area contributed by atoms with E-state index in [1.165, 1.54) is 0 Å². The monoisotopic (exact) mass is 270 g/mol. The van der Waals surface area contributed by atoms with Crippen LogP contribution in [-0.2, 0) is 9.47 Å². The van der Waals surface area contributed by atoms with E-state index in [9.17, 15) is 4.79 Å². The van der Waals surface area contributed by atoms with Gasteiger partial charge in [-0.15, -0.1) is 0 Å². The Hall–Kier alpha value is -1.39. The highest BCUT2D eigenvalue weighted by atomic mass is 16.7. The van der Waals surface area contributed by atoms with Crippen molar-refractivity contribution in [3.8, 4) is 5.75 Å². The van der Waals surface area contributed by atoms with Crippen molar-refractivity contribution in [2.45, 2.75) is 34.0 Å². The smallest absolute Gasteiger partial charge is 0.154 e. The number of carbonyl (C=O) groups excluding carboxylic acids is 1. The molecule has 1 unspecified atom stereocenters. The van der Waals surface area contributed by atoms with Gasteiger partial charge in [-0.3, -0.25) is 4.79 Å². The van der Waals surface area contributed by atoms with Crippen molar-refractivity contribution in [3.63, 3.8) is 0 Å². The summed E-state index contributed by atoms with van der Waals surface area (Å²) in [6, 6.07) is 6.94. The quantitative estimate of drug-likeness (QED) is 0.606. The van der Waals surface area contributed by atoms with E-state index < -0.39 is 0 Å². The third-order valence-electron chi connectivity index (χ3n) is 1.99. The molecule has 19 heavy (non-hydrogen) atoms. The normalized spacial score (nSPS) is 10.2. The maximum absolute atomic E-state index is 10.2. The lowest BCUT2D eigenvalue weighted by Gasteiger charge is -2.06. The van der Waals surface area contributed by atoms with Gasteiger partial charge in [-0.1, -0.05) is 13.8 Å². The van der Waals surface area contributed by atoms with Gasteiger partial charge in [0.05, 0.1) is 7.11 Å². The summed E-state index contributed by atoms with van der Waals surface area (Å²) in [7, 11) is 3.22. The van der Waals surface area contributed by atoms with Crippen molar-refractivity contribution in [3.05, 3.63) is 29.8 Å². The molecule has 0 fully saturated rings. The summed E-state index contributed by atoms with van der Waals surface area (Å²) in [6.07, 6.45) is 0.754. The van der Waals surface area contributed by atoms with Crippen molar-refractivity contribution in [2.24, 2.45) is 0 Å². The summed E-state index contributed by atoms with van der Waals surface area (Å²) in [6.45, 7) is 8.52. The van der Waals surface area contributed by atoms with Gasteiger partial charge in [-0.25, -0.2) is 0 Å². The molecule has 0 bridgehead atoms. The second-order valence-corrected chi connectivity index (χ2v) is 3.15.